The largest absolute Gasteiger partial charge is 0.493 e. The zero-order valence-electron chi connectivity index (χ0n) is 16.7. The number of pyridine rings is 1. The Kier molecular flexibility index (Phi) is 7.12. The number of likely N-dealkylation sites (tertiary alicyclic amines) is 1. The number of anilines is 1. The van der Waals surface area contributed by atoms with Crippen LogP contribution in [0.3, 0.4) is 0 Å². The maximum absolute atomic E-state index is 12.6. The van der Waals surface area contributed by atoms with Crippen LogP contribution in [-0.2, 0) is 6.42 Å². The molecule has 28 heavy (non-hydrogen) atoms. The van der Waals surface area contributed by atoms with Crippen molar-refractivity contribution in [2.24, 2.45) is 0 Å². The minimum atomic E-state index is 0.0891. The lowest BCUT2D eigenvalue weighted by Crippen LogP contribution is -2.31. The second-order valence-corrected chi connectivity index (χ2v) is 7.00. The molecule has 1 aromatic carbocycles. The lowest BCUT2D eigenvalue weighted by molar-refractivity contribution is 0.0761. The first-order chi connectivity index (χ1) is 13.7. The molecule has 1 N–H and O–H groups in total. The quantitative estimate of drug-likeness (QED) is 0.788. The van der Waals surface area contributed by atoms with Crippen molar-refractivity contribution in [2.75, 3.05) is 39.2 Å². The van der Waals surface area contributed by atoms with Crippen LogP contribution in [-0.4, -0.2) is 49.6 Å². The van der Waals surface area contributed by atoms with Crippen LogP contribution in [0.5, 0.6) is 11.5 Å². The smallest absolute Gasteiger partial charge is 0.255 e. The number of amides is 1. The van der Waals surface area contributed by atoms with E-state index < -0.39 is 0 Å². The lowest BCUT2D eigenvalue weighted by atomic mass is 10.1. The zero-order chi connectivity index (χ0) is 19.8. The average Bonchev–Trinajstić information content (AvgIpc) is 3.03. The predicted octanol–water partition coefficient (Wildman–Crippen LogP) is 3.77. The van der Waals surface area contributed by atoms with Crippen molar-refractivity contribution in [1.29, 1.82) is 0 Å². The van der Waals surface area contributed by atoms with Gasteiger partial charge in [0.15, 0.2) is 11.5 Å². The monoisotopic (exact) mass is 383 g/mol. The second-order valence-electron chi connectivity index (χ2n) is 7.00. The summed E-state index contributed by atoms with van der Waals surface area (Å²) in [4.78, 5) is 19.0. The van der Waals surface area contributed by atoms with Gasteiger partial charge in [-0.1, -0.05) is 18.9 Å². The Labute approximate surface area is 166 Å². The van der Waals surface area contributed by atoms with Crippen molar-refractivity contribution >= 4 is 11.7 Å². The Balaban J connectivity index is 1.52. The highest BCUT2D eigenvalue weighted by Gasteiger charge is 2.17. The van der Waals surface area contributed by atoms with Crippen LogP contribution >= 0.6 is 0 Å². The summed E-state index contributed by atoms with van der Waals surface area (Å²) < 4.78 is 10.6. The molecule has 1 aliphatic rings. The molecule has 1 aromatic heterocycles. The highest BCUT2D eigenvalue weighted by atomic mass is 16.5. The fourth-order valence-corrected chi connectivity index (χ4v) is 3.45. The Morgan fingerprint density at radius 2 is 1.79 bits per heavy atom. The first-order valence-corrected chi connectivity index (χ1v) is 9.91. The number of ether oxygens (including phenoxy) is 2. The van der Waals surface area contributed by atoms with Gasteiger partial charge < -0.3 is 19.7 Å². The summed E-state index contributed by atoms with van der Waals surface area (Å²) in [5.74, 6) is 2.32. The Bertz CT molecular complexity index is 769. The first kappa shape index (κ1) is 20.0. The van der Waals surface area contributed by atoms with Crippen molar-refractivity contribution in [3.63, 3.8) is 0 Å². The van der Waals surface area contributed by atoms with Crippen molar-refractivity contribution in [3.05, 3.63) is 47.7 Å². The molecule has 3 rings (SSSR count). The van der Waals surface area contributed by atoms with Gasteiger partial charge >= 0.3 is 0 Å². The molecule has 0 aliphatic carbocycles. The number of hydrogen-bond acceptors (Lipinski definition) is 5. The van der Waals surface area contributed by atoms with Crippen molar-refractivity contribution in [1.82, 2.24) is 9.88 Å². The van der Waals surface area contributed by atoms with Crippen LogP contribution in [0.15, 0.2) is 36.5 Å². The van der Waals surface area contributed by atoms with Gasteiger partial charge in [-0.15, -0.1) is 0 Å². The molecule has 0 unspecified atom stereocenters. The molecule has 1 amide bonds. The van der Waals surface area contributed by atoms with E-state index in [1.54, 1.807) is 20.4 Å². The molecular weight excluding hydrogens is 354 g/mol. The first-order valence-electron chi connectivity index (χ1n) is 9.91. The number of methoxy groups -OCH3 is 2. The molecule has 0 spiro atoms. The summed E-state index contributed by atoms with van der Waals surface area (Å²) >= 11 is 0. The van der Waals surface area contributed by atoms with Crippen LogP contribution in [0.1, 0.15) is 41.6 Å². The molecule has 1 saturated heterocycles. The van der Waals surface area contributed by atoms with Gasteiger partial charge in [0, 0.05) is 25.8 Å². The van der Waals surface area contributed by atoms with Gasteiger partial charge in [0.2, 0.25) is 0 Å². The molecule has 0 atom stereocenters. The molecule has 1 fully saturated rings. The number of nitrogens with zero attached hydrogens (tertiary/aromatic N) is 2. The lowest BCUT2D eigenvalue weighted by Gasteiger charge is -2.20. The topological polar surface area (TPSA) is 63.7 Å². The third-order valence-corrected chi connectivity index (χ3v) is 5.07. The van der Waals surface area contributed by atoms with Gasteiger partial charge in [0.1, 0.15) is 5.82 Å². The molecule has 150 valence electrons. The summed E-state index contributed by atoms with van der Waals surface area (Å²) in [5, 5.41) is 3.31. The number of carbonyl (C=O) groups excluding carboxylic acids is 1. The van der Waals surface area contributed by atoms with Gasteiger partial charge in [-0.3, -0.25) is 4.79 Å². The maximum Gasteiger partial charge on any atom is 0.255 e. The molecule has 2 aromatic rings. The second kappa shape index (κ2) is 9.97. The number of carbonyl (C=O) groups is 1. The molecule has 0 bridgehead atoms. The number of rotatable bonds is 7. The average molecular weight is 383 g/mol. The van der Waals surface area contributed by atoms with Crippen LogP contribution < -0.4 is 14.8 Å². The van der Waals surface area contributed by atoms with Gasteiger partial charge in [-0.2, -0.15) is 0 Å². The normalized spacial score (nSPS) is 14.3. The van der Waals surface area contributed by atoms with E-state index >= 15 is 0 Å². The number of nitrogens with one attached hydrogen (secondary N) is 1. The van der Waals surface area contributed by atoms with Crippen LogP contribution in [0, 0.1) is 0 Å². The molecule has 0 radical (unpaired) electrons. The van der Waals surface area contributed by atoms with Gasteiger partial charge in [0.05, 0.1) is 19.8 Å². The van der Waals surface area contributed by atoms with Crippen molar-refractivity contribution < 1.29 is 14.3 Å². The molecule has 6 heteroatoms. The van der Waals surface area contributed by atoms with E-state index in [0.717, 1.165) is 61.8 Å². The van der Waals surface area contributed by atoms with E-state index in [9.17, 15) is 4.79 Å². The van der Waals surface area contributed by atoms with Crippen LogP contribution in [0.4, 0.5) is 5.82 Å². The van der Waals surface area contributed by atoms with E-state index in [2.05, 4.69) is 10.3 Å². The summed E-state index contributed by atoms with van der Waals surface area (Å²) in [6.45, 7) is 2.44. The Morgan fingerprint density at radius 1 is 1.04 bits per heavy atom. The summed E-state index contributed by atoms with van der Waals surface area (Å²) in [5.41, 5.74) is 1.81. The van der Waals surface area contributed by atoms with E-state index in [1.807, 2.05) is 35.2 Å². The Morgan fingerprint density at radius 3 is 2.43 bits per heavy atom. The van der Waals surface area contributed by atoms with Gasteiger partial charge in [0.25, 0.3) is 5.91 Å². The predicted molar refractivity (Wildman–Crippen MR) is 110 cm³/mol. The minimum absolute atomic E-state index is 0.0891. The van der Waals surface area contributed by atoms with E-state index in [-0.39, 0.29) is 5.91 Å². The summed E-state index contributed by atoms with van der Waals surface area (Å²) in [6, 6.07) is 9.66. The number of benzene rings is 1. The third kappa shape index (κ3) is 5.15. The molecule has 0 saturated carbocycles. The fourth-order valence-electron chi connectivity index (χ4n) is 3.45. The summed E-state index contributed by atoms with van der Waals surface area (Å²) in [7, 11) is 3.27. The third-order valence-electron chi connectivity index (χ3n) is 5.07. The minimum Gasteiger partial charge on any atom is -0.493 e. The highest BCUT2D eigenvalue weighted by Crippen LogP contribution is 2.27. The zero-order valence-corrected chi connectivity index (χ0v) is 16.7. The molecule has 6 nitrogen and oxygen atoms in total. The fraction of sp³-hybridized carbons (Fsp3) is 0.455. The SMILES string of the molecule is COc1ccc(CCNc2ccc(C(=O)N3CCCCCC3)cn2)cc1OC. The van der Waals surface area contributed by atoms with E-state index in [0.29, 0.717) is 5.56 Å². The summed E-state index contributed by atoms with van der Waals surface area (Å²) in [6.07, 6.45) is 7.11. The highest BCUT2D eigenvalue weighted by molar-refractivity contribution is 5.94. The number of aromatic nitrogens is 1. The maximum atomic E-state index is 12.6. The number of hydrogen-bond donors (Lipinski definition) is 1. The standard InChI is InChI=1S/C22H29N3O3/c1-27-19-9-7-17(15-20(19)28-2)11-12-23-21-10-8-18(16-24-21)22(26)25-13-5-3-4-6-14-25/h7-10,15-16H,3-6,11-14H2,1-2H3,(H,23,24). The van der Waals surface area contributed by atoms with Crippen molar-refractivity contribution in [3.8, 4) is 11.5 Å². The molecular formula is C22H29N3O3. The van der Waals surface area contributed by atoms with Gasteiger partial charge in [-0.25, -0.2) is 4.98 Å². The Hall–Kier alpha value is -2.76. The molecule has 2 heterocycles. The van der Waals surface area contributed by atoms with Gasteiger partial charge in [-0.05, 0) is 49.1 Å². The molecule has 1 aliphatic heterocycles. The van der Waals surface area contributed by atoms with Crippen LogP contribution in [0.25, 0.3) is 0 Å². The van der Waals surface area contributed by atoms with E-state index in [1.165, 1.54) is 12.8 Å². The van der Waals surface area contributed by atoms with Crippen molar-refractivity contribution in [2.45, 2.75) is 32.1 Å². The van der Waals surface area contributed by atoms with E-state index in [4.69, 9.17) is 9.47 Å². The van der Waals surface area contributed by atoms with Crippen LogP contribution in [0.2, 0.25) is 0 Å².